The van der Waals surface area contributed by atoms with E-state index < -0.39 is 0 Å². The second-order valence-corrected chi connectivity index (χ2v) is 9.94. The number of carbonyl (C=O) groups excluding carboxylic acids is 1. The number of hydrogen-bond donors (Lipinski definition) is 0. The monoisotopic (exact) mass is 435 g/mol. The van der Waals surface area contributed by atoms with Crippen LogP contribution in [0.25, 0.3) is 0 Å². The number of carbonyl (C=O) groups is 1. The molecule has 32 heavy (non-hydrogen) atoms. The van der Waals surface area contributed by atoms with E-state index in [1.54, 1.807) is 6.08 Å². The maximum atomic E-state index is 12.7. The normalized spacial score (nSPS) is 26.0. The molecule has 0 aliphatic heterocycles. The van der Waals surface area contributed by atoms with Crippen LogP contribution in [0.1, 0.15) is 107 Å². The Morgan fingerprint density at radius 3 is 2.41 bits per heavy atom. The zero-order chi connectivity index (χ0) is 22.6. The van der Waals surface area contributed by atoms with Gasteiger partial charge in [0, 0.05) is 6.08 Å². The molecule has 2 fully saturated rings. The third-order valence-electron chi connectivity index (χ3n) is 7.59. The van der Waals surface area contributed by atoms with Crippen LogP contribution in [0.4, 0.5) is 0 Å². The van der Waals surface area contributed by atoms with Gasteiger partial charge in [0.1, 0.15) is 6.10 Å². The highest BCUT2D eigenvalue weighted by atomic mass is 16.5. The van der Waals surface area contributed by atoms with Gasteiger partial charge in [-0.2, -0.15) is 5.26 Å². The van der Waals surface area contributed by atoms with E-state index in [-0.39, 0.29) is 18.0 Å². The summed E-state index contributed by atoms with van der Waals surface area (Å²) >= 11 is 0. The van der Waals surface area contributed by atoms with Crippen molar-refractivity contribution in [2.75, 3.05) is 0 Å². The van der Waals surface area contributed by atoms with Crippen molar-refractivity contribution >= 4 is 5.97 Å². The number of nitrogens with zero attached hydrogens (tertiary/aromatic N) is 1. The van der Waals surface area contributed by atoms with Crippen LogP contribution in [0.15, 0.2) is 36.4 Å². The Bertz CT molecular complexity index is 744. The summed E-state index contributed by atoms with van der Waals surface area (Å²) in [5, 5.41) is 8.56. The standard InChI is InChI=1S/C29H41NO2/c1-2-3-5-8-23-10-14-25(15-11-23)26-16-18-27(19-17-26)29(31)32-28-20-12-24(13-21-28)9-6-4-7-22-30/h4,7,10-11,14-15,24,26-28H,2-3,5-6,8-9,12-13,16-21H2,1H3/t24-,26-,27-,28-. The zero-order valence-corrected chi connectivity index (χ0v) is 19.9. The van der Waals surface area contributed by atoms with Gasteiger partial charge in [-0.25, -0.2) is 0 Å². The molecule has 1 aromatic carbocycles. The molecule has 2 aliphatic carbocycles. The van der Waals surface area contributed by atoms with Gasteiger partial charge in [-0.15, -0.1) is 0 Å². The average Bonchev–Trinajstić information content (AvgIpc) is 2.83. The summed E-state index contributed by atoms with van der Waals surface area (Å²) in [5.41, 5.74) is 2.90. The Morgan fingerprint density at radius 1 is 1.03 bits per heavy atom. The number of nitriles is 1. The van der Waals surface area contributed by atoms with E-state index in [0.717, 1.165) is 64.2 Å². The molecule has 2 aliphatic rings. The first kappa shape index (κ1) is 24.6. The van der Waals surface area contributed by atoms with Crippen LogP contribution in [0.3, 0.4) is 0 Å². The van der Waals surface area contributed by atoms with E-state index in [9.17, 15) is 4.79 Å². The van der Waals surface area contributed by atoms with Gasteiger partial charge in [-0.1, -0.05) is 50.1 Å². The van der Waals surface area contributed by atoms with Crippen LogP contribution in [0.5, 0.6) is 0 Å². The molecule has 0 bridgehead atoms. The Morgan fingerprint density at radius 2 is 1.75 bits per heavy atom. The topological polar surface area (TPSA) is 50.1 Å². The number of ether oxygens (including phenoxy) is 1. The fraction of sp³-hybridized carbons (Fsp3) is 0.655. The molecule has 0 heterocycles. The van der Waals surface area contributed by atoms with Crippen LogP contribution in [0.2, 0.25) is 0 Å². The highest BCUT2D eigenvalue weighted by molar-refractivity contribution is 5.72. The predicted octanol–water partition coefficient (Wildman–Crippen LogP) is 7.66. The molecule has 0 amide bonds. The molecule has 0 saturated heterocycles. The minimum absolute atomic E-state index is 0.0510. The zero-order valence-electron chi connectivity index (χ0n) is 19.9. The quantitative estimate of drug-likeness (QED) is 0.215. The second-order valence-electron chi connectivity index (χ2n) is 9.94. The minimum Gasteiger partial charge on any atom is -0.462 e. The maximum Gasteiger partial charge on any atom is 0.309 e. The van der Waals surface area contributed by atoms with Crippen LogP contribution >= 0.6 is 0 Å². The van der Waals surface area contributed by atoms with E-state index in [4.69, 9.17) is 10.00 Å². The van der Waals surface area contributed by atoms with Crippen LogP contribution in [-0.2, 0) is 16.0 Å². The molecule has 0 spiro atoms. The number of benzene rings is 1. The molecule has 0 N–H and O–H groups in total. The molecular weight excluding hydrogens is 394 g/mol. The second kappa shape index (κ2) is 13.5. The minimum atomic E-state index is 0.0510. The Kier molecular flexibility index (Phi) is 10.3. The van der Waals surface area contributed by atoms with Gasteiger partial charge < -0.3 is 4.74 Å². The molecule has 0 atom stereocenters. The molecule has 174 valence electrons. The van der Waals surface area contributed by atoms with E-state index in [0.29, 0.717) is 11.8 Å². The highest BCUT2D eigenvalue weighted by Gasteiger charge is 2.31. The predicted molar refractivity (Wildman–Crippen MR) is 130 cm³/mol. The summed E-state index contributed by atoms with van der Waals surface area (Å²) in [5.74, 6) is 1.44. The lowest BCUT2D eigenvalue weighted by molar-refractivity contribution is -0.157. The van der Waals surface area contributed by atoms with Gasteiger partial charge in [-0.3, -0.25) is 4.79 Å². The lowest BCUT2D eigenvalue weighted by Crippen LogP contribution is -2.29. The number of allylic oxidation sites excluding steroid dienone is 2. The molecule has 1 aromatic rings. The van der Waals surface area contributed by atoms with Gasteiger partial charge in [0.2, 0.25) is 0 Å². The van der Waals surface area contributed by atoms with Crippen molar-refractivity contribution in [3.05, 3.63) is 47.5 Å². The Balaban J connectivity index is 1.35. The smallest absolute Gasteiger partial charge is 0.309 e. The van der Waals surface area contributed by atoms with Crippen molar-refractivity contribution in [3.63, 3.8) is 0 Å². The van der Waals surface area contributed by atoms with Crippen LogP contribution in [0, 0.1) is 23.2 Å². The van der Waals surface area contributed by atoms with E-state index >= 15 is 0 Å². The van der Waals surface area contributed by atoms with Crippen LogP contribution < -0.4 is 0 Å². The number of esters is 1. The molecule has 0 radical (unpaired) electrons. The van der Waals surface area contributed by atoms with Crippen molar-refractivity contribution in [1.29, 1.82) is 5.26 Å². The third kappa shape index (κ3) is 7.80. The first-order valence-corrected chi connectivity index (χ1v) is 13.0. The molecule has 2 saturated carbocycles. The van der Waals surface area contributed by atoms with Gasteiger partial charge in [-0.05, 0) is 100 Å². The van der Waals surface area contributed by atoms with Crippen LogP contribution in [-0.4, -0.2) is 12.1 Å². The summed E-state index contributed by atoms with van der Waals surface area (Å²) < 4.78 is 5.93. The molecule has 3 nitrogen and oxygen atoms in total. The fourth-order valence-electron chi connectivity index (χ4n) is 5.46. The molecule has 3 rings (SSSR count). The molecule has 0 unspecified atom stereocenters. The summed E-state index contributed by atoms with van der Waals surface area (Å²) in [7, 11) is 0. The molecular formula is C29H41NO2. The number of hydrogen-bond acceptors (Lipinski definition) is 3. The molecule has 3 heteroatoms. The summed E-state index contributed by atoms with van der Waals surface area (Å²) in [6.07, 6.45) is 19.2. The Hall–Kier alpha value is -2.08. The van der Waals surface area contributed by atoms with Crippen molar-refractivity contribution < 1.29 is 9.53 Å². The summed E-state index contributed by atoms with van der Waals surface area (Å²) in [6, 6.07) is 11.3. The number of rotatable bonds is 10. The summed E-state index contributed by atoms with van der Waals surface area (Å²) in [6.45, 7) is 2.25. The number of aryl methyl sites for hydroxylation is 1. The van der Waals surface area contributed by atoms with Gasteiger partial charge in [0.15, 0.2) is 0 Å². The number of unbranched alkanes of at least 4 members (excludes halogenated alkanes) is 2. The van der Waals surface area contributed by atoms with Gasteiger partial charge in [0.05, 0.1) is 12.0 Å². The lowest BCUT2D eigenvalue weighted by Gasteiger charge is -2.31. The summed E-state index contributed by atoms with van der Waals surface area (Å²) in [4.78, 5) is 12.7. The largest absolute Gasteiger partial charge is 0.462 e. The van der Waals surface area contributed by atoms with Crippen molar-refractivity contribution in [3.8, 4) is 6.07 Å². The highest BCUT2D eigenvalue weighted by Crippen LogP contribution is 2.37. The lowest BCUT2D eigenvalue weighted by atomic mass is 9.78. The maximum absolute atomic E-state index is 12.7. The van der Waals surface area contributed by atoms with Crippen molar-refractivity contribution in [2.45, 2.75) is 109 Å². The van der Waals surface area contributed by atoms with E-state index in [1.165, 1.54) is 36.8 Å². The third-order valence-corrected chi connectivity index (χ3v) is 7.59. The van der Waals surface area contributed by atoms with E-state index in [1.807, 2.05) is 12.1 Å². The van der Waals surface area contributed by atoms with Crippen molar-refractivity contribution in [1.82, 2.24) is 0 Å². The first-order chi connectivity index (χ1) is 15.7. The van der Waals surface area contributed by atoms with Gasteiger partial charge in [0.25, 0.3) is 0 Å². The Labute approximate surface area is 195 Å². The van der Waals surface area contributed by atoms with Gasteiger partial charge >= 0.3 is 5.97 Å². The average molecular weight is 436 g/mol. The first-order valence-electron chi connectivity index (χ1n) is 13.0. The fourth-order valence-corrected chi connectivity index (χ4v) is 5.46. The SMILES string of the molecule is CCCCCc1ccc([C@H]2CC[C@H](C(=O)O[C@H]3CC[C@H](CCC=CC#N)CC3)CC2)cc1. The van der Waals surface area contributed by atoms with Crippen molar-refractivity contribution in [2.24, 2.45) is 11.8 Å². The van der Waals surface area contributed by atoms with E-state index in [2.05, 4.69) is 31.2 Å². The molecule has 0 aromatic heterocycles.